The van der Waals surface area contributed by atoms with E-state index in [0.29, 0.717) is 0 Å². The second-order valence-corrected chi connectivity index (χ2v) is 10.3. The van der Waals surface area contributed by atoms with Crippen molar-refractivity contribution in [1.82, 2.24) is 4.57 Å². The van der Waals surface area contributed by atoms with Crippen molar-refractivity contribution in [3.63, 3.8) is 0 Å². The molecule has 1 aliphatic carbocycles. The summed E-state index contributed by atoms with van der Waals surface area (Å²) in [7, 11) is 0. The van der Waals surface area contributed by atoms with Crippen molar-refractivity contribution in [2.45, 2.75) is 60.5 Å². The number of nitrogens with zero attached hydrogens (tertiary/aromatic N) is 1. The van der Waals surface area contributed by atoms with Crippen molar-refractivity contribution >= 4 is 17.7 Å². The number of aromatic nitrogens is 1. The lowest BCUT2D eigenvalue weighted by Crippen LogP contribution is -2.13. The number of rotatable bonds is 13. The Hall–Kier alpha value is -4.14. The van der Waals surface area contributed by atoms with Crippen LogP contribution in [0.15, 0.2) is 133 Å². The molecule has 1 aliphatic rings. The zero-order valence-electron chi connectivity index (χ0n) is 26.4. The molecule has 0 spiro atoms. The molecule has 2 aromatic rings. The summed E-state index contributed by atoms with van der Waals surface area (Å²) >= 11 is 0. The van der Waals surface area contributed by atoms with Crippen LogP contribution in [0.1, 0.15) is 70.3 Å². The van der Waals surface area contributed by atoms with Crippen molar-refractivity contribution < 1.29 is 4.74 Å². The van der Waals surface area contributed by atoms with Crippen LogP contribution in [0.2, 0.25) is 0 Å². The van der Waals surface area contributed by atoms with Crippen LogP contribution in [-0.2, 0) is 11.2 Å². The van der Waals surface area contributed by atoms with Gasteiger partial charge in [-0.05, 0) is 98.8 Å². The lowest BCUT2D eigenvalue weighted by molar-refractivity contribution is 0.0920. The van der Waals surface area contributed by atoms with Gasteiger partial charge in [0.15, 0.2) is 0 Å². The van der Waals surface area contributed by atoms with Crippen molar-refractivity contribution in [3.05, 3.63) is 155 Å². The fourth-order valence-electron chi connectivity index (χ4n) is 5.18. The first-order valence-electron chi connectivity index (χ1n) is 15.0. The molecule has 218 valence electrons. The highest BCUT2D eigenvalue weighted by molar-refractivity contribution is 5.76. The summed E-state index contributed by atoms with van der Waals surface area (Å²) in [6, 6.07) is 8.73. The Labute approximate surface area is 254 Å². The second-order valence-electron chi connectivity index (χ2n) is 10.3. The van der Waals surface area contributed by atoms with Crippen molar-refractivity contribution in [2.24, 2.45) is 0 Å². The van der Waals surface area contributed by atoms with Gasteiger partial charge in [-0.25, -0.2) is 0 Å². The van der Waals surface area contributed by atoms with Gasteiger partial charge in [0.05, 0.1) is 6.10 Å². The van der Waals surface area contributed by atoms with E-state index in [4.69, 9.17) is 4.74 Å². The van der Waals surface area contributed by atoms with Crippen LogP contribution in [0, 0.1) is 0 Å². The lowest BCUT2D eigenvalue weighted by Gasteiger charge is -2.19. The molecule has 1 aromatic carbocycles. The Morgan fingerprint density at radius 2 is 1.74 bits per heavy atom. The van der Waals surface area contributed by atoms with Crippen LogP contribution < -0.4 is 0 Å². The molecular weight excluding hydrogens is 510 g/mol. The topological polar surface area (TPSA) is 14.2 Å². The van der Waals surface area contributed by atoms with Gasteiger partial charge in [-0.3, -0.25) is 0 Å². The highest BCUT2D eigenvalue weighted by atomic mass is 16.5. The average Bonchev–Trinajstić information content (AvgIpc) is 3.15. The highest BCUT2D eigenvalue weighted by Gasteiger charge is 2.17. The van der Waals surface area contributed by atoms with E-state index in [1.165, 1.54) is 22.4 Å². The average molecular weight is 558 g/mol. The van der Waals surface area contributed by atoms with Crippen LogP contribution in [0.4, 0.5) is 0 Å². The highest BCUT2D eigenvalue weighted by Crippen LogP contribution is 2.31. The van der Waals surface area contributed by atoms with Crippen LogP contribution in [0.25, 0.3) is 23.4 Å². The van der Waals surface area contributed by atoms with Crippen molar-refractivity contribution in [3.8, 4) is 5.69 Å². The minimum absolute atomic E-state index is 0.0612. The van der Waals surface area contributed by atoms with Crippen LogP contribution in [0.3, 0.4) is 0 Å². The molecule has 0 radical (unpaired) electrons. The van der Waals surface area contributed by atoms with Gasteiger partial charge in [-0.15, -0.1) is 0 Å². The number of hydrogen-bond acceptors (Lipinski definition) is 1. The van der Waals surface area contributed by atoms with Gasteiger partial charge in [0.2, 0.25) is 0 Å². The van der Waals surface area contributed by atoms with E-state index in [9.17, 15) is 0 Å². The first-order valence-corrected chi connectivity index (χ1v) is 15.0. The molecular formula is C40H47NO. The summed E-state index contributed by atoms with van der Waals surface area (Å²) in [5.74, 6) is 0. The van der Waals surface area contributed by atoms with Gasteiger partial charge in [-0.2, -0.15) is 0 Å². The maximum absolute atomic E-state index is 6.15. The fourth-order valence-corrected chi connectivity index (χ4v) is 5.18. The van der Waals surface area contributed by atoms with Gasteiger partial charge < -0.3 is 9.30 Å². The first kappa shape index (κ1) is 32.4. The number of allylic oxidation sites excluding steroid dienone is 14. The molecule has 0 aliphatic heterocycles. The monoisotopic (exact) mass is 557 g/mol. The molecule has 0 amide bonds. The maximum Gasteiger partial charge on any atom is 0.0802 e. The molecule has 2 nitrogen and oxygen atoms in total. The summed E-state index contributed by atoms with van der Waals surface area (Å²) < 4.78 is 8.47. The van der Waals surface area contributed by atoms with E-state index in [2.05, 4.69) is 143 Å². The smallest absolute Gasteiger partial charge is 0.0802 e. The third kappa shape index (κ3) is 7.99. The molecule has 42 heavy (non-hydrogen) atoms. The van der Waals surface area contributed by atoms with E-state index >= 15 is 0 Å². The molecule has 1 unspecified atom stereocenters. The molecule has 1 atom stereocenters. The largest absolute Gasteiger partial charge is 0.374 e. The minimum atomic E-state index is -0.0612. The lowest BCUT2D eigenvalue weighted by atomic mass is 9.94. The van der Waals surface area contributed by atoms with E-state index in [1.54, 1.807) is 0 Å². The van der Waals surface area contributed by atoms with Gasteiger partial charge in [-0.1, -0.05) is 99.1 Å². The van der Waals surface area contributed by atoms with Crippen LogP contribution in [-0.4, -0.2) is 17.3 Å². The van der Waals surface area contributed by atoms with Crippen LogP contribution in [0.5, 0.6) is 0 Å². The molecule has 2 heteroatoms. The second kappa shape index (κ2) is 16.3. The Bertz CT molecular complexity index is 1490. The Morgan fingerprint density at radius 3 is 2.36 bits per heavy atom. The van der Waals surface area contributed by atoms with E-state index in [0.717, 1.165) is 53.0 Å². The number of benzene rings is 1. The fraction of sp³-hybridized carbons (Fsp3) is 0.250. The van der Waals surface area contributed by atoms with Crippen molar-refractivity contribution in [2.75, 3.05) is 6.61 Å². The molecule has 1 heterocycles. The zero-order valence-corrected chi connectivity index (χ0v) is 26.4. The number of hydrogen-bond donors (Lipinski definition) is 0. The van der Waals surface area contributed by atoms with E-state index in [1.807, 2.05) is 26.0 Å². The molecule has 0 N–H and O–H groups in total. The summed E-state index contributed by atoms with van der Waals surface area (Å²) in [4.78, 5) is 0. The molecule has 1 aromatic heterocycles. The van der Waals surface area contributed by atoms with E-state index in [-0.39, 0.29) is 6.10 Å². The first-order chi connectivity index (χ1) is 20.4. The van der Waals surface area contributed by atoms with E-state index < -0.39 is 0 Å². The molecule has 3 rings (SSSR count). The number of fused-ring (bicyclic) bond motifs is 1. The summed E-state index contributed by atoms with van der Waals surface area (Å²) in [6.45, 7) is 21.5. The third-order valence-corrected chi connectivity index (χ3v) is 7.37. The van der Waals surface area contributed by atoms with Crippen molar-refractivity contribution in [1.29, 1.82) is 0 Å². The predicted molar refractivity (Wildman–Crippen MR) is 186 cm³/mol. The quantitative estimate of drug-likeness (QED) is 0.223. The normalized spacial score (nSPS) is 15.4. The molecule has 0 saturated carbocycles. The molecule has 0 saturated heterocycles. The SMILES string of the molecule is C=C/C(=C\C)c1ccc(-n2cc(/C=C(\C=C/C)C(/C=C(/C(=C)/C=C\C)C(C)OCCC)=C/C)c3c2CC=CC=C3)cc1. The van der Waals surface area contributed by atoms with Gasteiger partial charge >= 0.3 is 0 Å². The Kier molecular flexibility index (Phi) is 12.6. The van der Waals surface area contributed by atoms with Gasteiger partial charge in [0.25, 0.3) is 0 Å². The minimum Gasteiger partial charge on any atom is -0.374 e. The standard InChI is InChI=1S/C40H47NO/c1-9-18-30(7)39(31(8)42-26-11-3)28-33(14-6)35(19-10-2)27-36-29-41(40-21-17-15-16-20-38(36)40)37-24-22-34(23-25-37)32(12-4)13-5/h9-10,12-20,22-25,27-29,31H,4,7,11,21,26H2,1-3,5-6,8H3/b18-9-,19-10-,32-13+,33-14+,35-27+,39-28-. The maximum atomic E-state index is 6.15. The van der Waals surface area contributed by atoms with Gasteiger partial charge in [0.1, 0.15) is 0 Å². The molecule has 0 fully saturated rings. The summed E-state index contributed by atoms with van der Waals surface area (Å²) in [5, 5.41) is 0. The predicted octanol–water partition coefficient (Wildman–Crippen LogP) is 11.0. The van der Waals surface area contributed by atoms with Crippen LogP contribution >= 0.6 is 0 Å². The Balaban J connectivity index is 2.16. The zero-order chi connectivity index (χ0) is 30.5. The third-order valence-electron chi connectivity index (χ3n) is 7.37. The molecule has 0 bridgehead atoms. The van der Waals surface area contributed by atoms with Gasteiger partial charge in [0, 0.05) is 41.7 Å². The summed E-state index contributed by atoms with van der Waals surface area (Å²) in [6.07, 6.45) is 31.8. The Morgan fingerprint density at radius 1 is 1.00 bits per heavy atom. The summed E-state index contributed by atoms with van der Waals surface area (Å²) in [5.41, 5.74) is 11.5. The number of ether oxygens (including phenoxy) is 1.